The Kier molecular flexibility index (Phi) is 8.12. The quantitative estimate of drug-likeness (QED) is 0.604. The molecular formula is C25H33N3O5S. The Bertz CT molecular complexity index is 1100. The SMILES string of the molecule is CC(OC(=O)c1cccc(S(=O)(=O)N2CCN(Cc3ccccc3)CC2)c1)C(=O)NC(C)(C)C. The zero-order valence-corrected chi connectivity index (χ0v) is 21.0. The Hall–Kier alpha value is -2.75. The standard InChI is InChI=1S/C25H33N3O5S/c1-19(23(29)26-25(2,3)4)33-24(30)21-11-8-12-22(17-21)34(31,32)28-15-13-27(14-16-28)18-20-9-6-5-7-10-20/h5-12,17,19H,13-16,18H2,1-4H3,(H,26,29). The number of benzene rings is 2. The molecule has 8 nitrogen and oxygen atoms in total. The van der Waals surface area contributed by atoms with Gasteiger partial charge in [0.15, 0.2) is 6.10 Å². The van der Waals surface area contributed by atoms with E-state index in [0.29, 0.717) is 26.2 Å². The highest BCUT2D eigenvalue weighted by molar-refractivity contribution is 7.89. The van der Waals surface area contributed by atoms with Crippen LogP contribution in [0.4, 0.5) is 0 Å². The Balaban J connectivity index is 1.63. The molecule has 0 aromatic heterocycles. The van der Waals surface area contributed by atoms with Gasteiger partial charge in [-0.25, -0.2) is 13.2 Å². The van der Waals surface area contributed by atoms with E-state index in [9.17, 15) is 18.0 Å². The minimum Gasteiger partial charge on any atom is -0.449 e. The van der Waals surface area contributed by atoms with E-state index in [0.717, 1.165) is 6.54 Å². The van der Waals surface area contributed by atoms with Crippen LogP contribution in [-0.4, -0.2) is 67.3 Å². The second-order valence-corrected chi connectivity index (χ2v) is 11.4. The first-order valence-corrected chi connectivity index (χ1v) is 12.8. The molecule has 1 amide bonds. The fourth-order valence-corrected chi connectivity index (χ4v) is 5.12. The number of nitrogens with one attached hydrogen (secondary N) is 1. The number of carbonyl (C=O) groups excluding carboxylic acids is 2. The third-order valence-corrected chi connectivity index (χ3v) is 7.33. The van der Waals surface area contributed by atoms with Crippen LogP contribution in [0.5, 0.6) is 0 Å². The maximum Gasteiger partial charge on any atom is 0.338 e. The summed E-state index contributed by atoms with van der Waals surface area (Å²) >= 11 is 0. The van der Waals surface area contributed by atoms with Crippen molar-refractivity contribution in [1.29, 1.82) is 0 Å². The lowest BCUT2D eigenvalue weighted by atomic mass is 10.1. The molecule has 1 aliphatic rings. The Morgan fingerprint density at radius 1 is 1.00 bits per heavy atom. The Morgan fingerprint density at radius 3 is 2.26 bits per heavy atom. The van der Waals surface area contributed by atoms with Crippen LogP contribution in [0.15, 0.2) is 59.5 Å². The van der Waals surface area contributed by atoms with Crippen LogP contribution in [0.25, 0.3) is 0 Å². The Morgan fingerprint density at radius 2 is 1.65 bits per heavy atom. The number of esters is 1. The first kappa shape index (κ1) is 25.9. The topological polar surface area (TPSA) is 96.0 Å². The molecule has 0 aliphatic carbocycles. The first-order chi connectivity index (χ1) is 16.0. The average molecular weight is 488 g/mol. The van der Waals surface area contributed by atoms with E-state index in [1.807, 2.05) is 39.0 Å². The van der Waals surface area contributed by atoms with Gasteiger partial charge in [0.05, 0.1) is 10.5 Å². The highest BCUT2D eigenvalue weighted by Crippen LogP contribution is 2.20. The first-order valence-electron chi connectivity index (χ1n) is 11.4. The van der Waals surface area contributed by atoms with Crippen molar-refractivity contribution in [3.8, 4) is 0 Å². The molecule has 184 valence electrons. The lowest BCUT2D eigenvalue weighted by molar-refractivity contribution is -0.130. The summed E-state index contributed by atoms with van der Waals surface area (Å²) in [5.41, 5.74) is 0.811. The number of hydrogen-bond acceptors (Lipinski definition) is 6. The molecule has 3 rings (SSSR count). The summed E-state index contributed by atoms with van der Waals surface area (Å²) in [5, 5.41) is 2.75. The number of sulfonamides is 1. The number of nitrogens with zero attached hydrogens (tertiary/aromatic N) is 2. The molecule has 1 unspecified atom stereocenters. The molecule has 0 radical (unpaired) electrons. The smallest absolute Gasteiger partial charge is 0.338 e. The number of hydrogen-bond donors (Lipinski definition) is 1. The number of amides is 1. The predicted molar refractivity (Wildman–Crippen MR) is 130 cm³/mol. The van der Waals surface area contributed by atoms with Crippen molar-refractivity contribution < 1.29 is 22.7 Å². The van der Waals surface area contributed by atoms with Crippen LogP contribution >= 0.6 is 0 Å². The summed E-state index contributed by atoms with van der Waals surface area (Å²) in [6, 6.07) is 15.8. The summed E-state index contributed by atoms with van der Waals surface area (Å²) in [5.74, 6) is -1.17. The largest absolute Gasteiger partial charge is 0.449 e. The summed E-state index contributed by atoms with van der Waals surface area (Å²) in [6.07, 6.45) is -1.01. The van der Waals surface area contributed by atoms with Crippen LogP contribution in [-0.2, 0) is 26.1 Å². The third-order valence-electron chi connectivity index (χ3n) is 5.44. The molecule has 1 atom stereocenters. The maximum atomic E-state index is 13.2. The minimum absolute atomic E-state index is 0.0326. The monoisotopic (exact) mass is 487 g/mol. The number of rotatable bonds is 7. The fraction of sp³-hybridized carbons (Fsp3) is 0.440. The van der Waals surface area contributed by atoms with Gasteiger partial charge in [0, 0.05) is 38.3 Å². The zero-order chi connectivity index (χ0) is 24.9. The van der Waals surface area contributed by atoms with Crippen molar-refractivity contribution in [1.82, 2.24) is 14.5 Å². The van der Waals surface area contributed by atoms with Crippen LogP contribution in [0.2, 0.25) is 0 Å². The molecule has 0 bridgehead atoms. The summed E-state index contributed by atoms with van der Waals surface area (Å²) in [7, 11) is -3.76. The summed E-state index contributed by atoms with van der Waals surface area (Å²) < 4.78 is 33.1. The van der Waals surface area contributed by atoms with Gasteiger partial charge in [0.1, 0.15) is 0 Å². The highest BCUT2D eigenvalue weighted by atomic mass is 32.2. The van der Waals surface area contributed by atoms with Crippen molar-refractivity contribution in [2.75, 3.05) is 26.2 Å². The molecule has 2 aromatic carbocycles. The predicted octanol–water partition coefficient (Wildman–Crippen LogP) is 2.65. The zero-order valence-electron chi connectivity index (χ0n) is 20.2. The van der Waals surface area contributed by atoms with E-state index in [4.69, 9.17) is 4.74 Å². The molecule has 2 aromatic rings. The lowest BCUT2D eigenvalue weighted by Crippen LogP contribution is -2.48. The number of ether oxygens (including phenoxy) is 1. The average Bonchev–Trinajstić information content (AvgIpc) is 2.79. The minimum atomic E-state index is -3.76. The van der Waals surface area contributed by atoms with Gasteiger partial charge in [-0.3, -0.25) is 9.69 Å². The van der Waals surface area contributed by atoms with Crippen LogP contribution in [0.3, 0.4) is 0 Å². The van der Waals surface area contributed by atoms with Crippen molar-refractivity contribution in [3.05, 3.63) is 65.7 Å². The number of carbonyl (C=O) groups is 2. The molecule has 1 saturated heterocycles. The molecular weight excluding hydrogens is 454 g/mol. The summed E-state index contributed by atoms with van der Waals surface area (Å²) in [6.45, 7) is 9.72. The van der Waals surface area contributed by atoms with Gasteiger partial charge in [0.25, 0.3) is 5.91 Å². The van der Waals surface area contributed by atoms with Gasteiger partial charge in [0.2, 0.25) is 10.0 Å². The fourth-order valence-electron chi connectivity index (χ4n) is 3.66. The van der Waals surface area contributed by atoms with E-state index < -0.39 is 33.5 Å². The molecule has 0 spiro atoms. The normalized spacial score (nSPS) is 16.6. The van der Waals surface area contributed by atoms with Gasteiger partial charge in [-0.15, -0.1) is 0 Å². The van der Waals surface area contributed by atoms with Gasteiger partial charge < -0.3 is 10.1 Å². The van der Waals surface area contributed by atoms with E-state index in [2.05, 4.69) is 22.3 Å². The van der Waals surface area contributed by atoms with E-state index in [1.54, 1.807) is 0 Å². The van der Waals surface area contributed by atoms with Gasteiger partial charge in [-0.05, 0) is 51.5 Å². The van der Waals surface area contributed by atoms with E-state index >= 15 is 0 Å². The lowest BCUT2D eigenvalue weighted by Gasteiger charge is -2.34. The van der Waals surface area contributed by atoms with Gasteiger partial charge in [-0.2, -0.15) is 4.31 Å². The van der Waals surface area contributed by atoms with Crippen LogP contribution < -0.4 is 5.32 Å². The van der Waals surface area contributed by atoms with Crippen molar-refractivity contribution in [2.24, 2.45) is 0 Å². The second-order valence-electron chi connectivity index (χ2n) is 9.48. The number of piperazine rings is 1. The molecule has 1 fully saturated rings. The second kappa shape index (κ2) is 10.7. The maximum absolute atomic E-state index is 13.2. The molecule has 0 saturated carbocycles. The molecule has 1 heterocycles. The highest BCUT2D eigenvalue weighted by Gasteiger charge is 2.29. The molecule has 1 aliphatic heterocycles. The van der Waals surface area contributed by atoms with Crippen LogP contribution in [0, 0.1) is 0 Å². The third kappa shape index (κ3) is 6.88. The van der Waals surface area contributed by atoms with Crippen molar-refractivity contribution in [2.45, 2.75) is 50.8 Å². The van der Waals surface area contributed by atoms with Crippen LogP contribution in [0.1, 0.15) is 43.6 Å². The molecule has 1 N–H and O–H groups in total. The molecule has 34 heavy (non-hydrogen) atoms. The summed E-state index contributed by atoms with van der Waals surface area (Å²) in [4.78, 5) is 27.0. The van der Waals surface area contributed by atoms with Gasteiger partial charge >= 0.3 is 5.97 Å². The van der Waals surface area contributed by atoms with Crippen molar-refractivity contribution >= 4 is 21.9 Å². The Labute approximate surface area is 201 Å². The van der Waals surface area contributed by atoms with E-state index in [-0.39, 0.29) is 10.5 Å². The van der Waals surface area contributed by atoms with E-state index in [1.165, 1.54) is 41.1 Å². The van der Waals surface area contributed by atoms with Crippen molar-refractivity contribution in [3.63, 3.8) is 0 Å². The molecule has 9 heteroatoms. The van der Waals surface area contributed by atoms with Gasteiger partial charge in [-0.1, -0.05) is 36.4 Å².